The maximum absolute atomic E-state index is 12.8. The summed E-state index contributed by atoms with van der Waals surface area (Å²) in [5.74, 6) is -0.402. The monoisotopic (exact) mass is 401 g/mol. The lowest BCUT2D eigenvalue weighted by atomic mass is 10.0. The smallest absolute Gasteiger partial charge is 0.267 e. The first-order valence-electron chi connectivity index (χ1n) is 8.22. The third kappa shape index (κ3) is 4.04. The average molecular weight is 402 g/mol. The fourth-order valence-corrected chi connectivity index (χ4v) is 2.83. The molecule has 0 bridgehead atoms. The molecule has 27 heavy (non-hydrogen) atoms. The van der Waals surface area contributed by atoms with Gasteiger partial charge in [0.1, 0.15) is 5.54 Å². The van der Waals surface area contributed by atoms with E-state index in [-0.39, 0.29) is 5.56 Å². The zero-order valence-corrected chi connectivity index (χ0v) is 16.3. The second-order valence-corrected chi connectivity index (χ2v) is 7.29. The van der Waals surface area contributed by atoms with Gasteiger partial charge in [-0.15, -0.1) is 0 Å². The lowest BCUT2D eigenvalue weighted by Crippen LogP contribution is -2.47. The van der Waals surface area contributed by atoms with E-state index < -0.39 is 11.4 Å². The zero-order valence-electron chi connectivity index (χ0n) is 14.7. The molecule has 3 rings (SSSR count). The number of carbonyl (C=O) groups is 1. The molecule has 138 valence electrons. The average Bonchev–Trinajstić information content (AvgIpc) is 2.65. The first kappa shape index (κ1) is 19.1. The Morgan fingerprint density at radius 2 is 1.70 bits per heavy atom. The third-order valence-corrected chi connectivity index (χ3v) is 4.87. The van der Waals surface area contributed by atoms with Crippen molar-refractivity contribution in [3.8, 4) is 11.3 Å². The molecule has 0 saturated heterocycles. The number of anilines is 1. The van der Waals surface area contributed by atoms with Gasteiger partial charge >= 0.3 is 0 Å². The van der Waals surface area contributed by atoms with E-state index in [2.05, 4.69) is 10.4 Å². The predicted octanol–water partition coefficient (Wildman–Crippen LogP) is 4.59. The van der Waals surface area contributed by atoms with E-state index in [0.717, 1.165) is 5.56 Å². The molecule has 1 heterocycles. The molecular weight excluding hydrogens is 385 g/mol. The third-order valence-electron chi connectivity index (χ3n) is 4.13. The van der Waals surface area contributed by atoms with Gasteiger partial charge in [0, 0.05) is 17.3 Å². The van der Waals surface area contributed by atoms with Crippen LogP contribution in [0, 0.1) is 0 Å². The van der Waals surface area contributed by atoms with Crippen molar-refractivity contribution in [1.29, 1.82) is 0 Å². The summed E-state index contributed by atoms with van der Waals surface area (Å²) in [5, 5.41) is 7.88. The van der Waals surface area contributed by atoms with Crippen molar-refractivity contribution < 1.29 is 4.79 Å². The molecule has 0 aliphatic carbocycles. The first-order chi connectivity index (χ1) is 12.8. The van der Waals surface area contributed by atoms with Crippen LogP contribution in [0.15, 0.2) is 65.5 Å². The molecule has 5 nitrogen and oxygen atoms in total. The number of amides is 1. The van der Waals surface area contributed by atoms with Gasteiger partial charge in [-0.2, -0.15) is 5.10 Å². The van der Waals surface area contributed by atoms with Crippen molar-refractivity contribution in [3.63, 3.8) is 0 Å². The van der Waals surface area contributed by atoms with Crippen molar-refractivity contribution in [2.75, 3.05) is 5.32 Å². The Morgan fingerprint density at radius 3 is 2.37 bits per heavy atom. The molecule has 0 atom stereocenters. The van der Waals surface area contributed by atoms with Crippen LogP contribution >= 0.6 is 23.2 Å². The van der Waals surface area contributed by atoms with E-state index in [1.807, 2.05) is 30.3 Å². The van der Waals surface area contributed by atoms with Crippen molar-refractivity contribution in [2.24, 2.45) is 0 Å². The van der Waals surface area contributed by atoms with E-state index in [1.165, 1.54) is 10.7 Å². The van der Waals surface area contributed by atoms with Gasteiger partial charge in [-0.05, 0) is 38.1 Å². The van der Waals surface area contributed by atoms with Crippen molar-refractivity contribution >= 4 is 34.8 Å². The molecule has 0 radical (unpaired) electrons. The lowest BCUT2D eigenvalue weighted by Gasteiger charge is -2.25. The van der Waals surface area contributed by atoms with Crippen LogP contribution in [0.4, 0.5) is 5.69 Å². The Balaban J connectivity index is 1.94. The number of halogens is 2. The molecule has 0 saturated carbocycles. The van der Waals surface area contributed by atoms with Gasteiger partial charge in [0.05, 0.1) is 15.7 Å². The van der Waals surface area contributed by atoms with Gasteiger partial charge < -0.3 is 5.32 Å². The van der Waals surface area contributed by atoms with E-state index in [4.69, 9.17) is 23.2 Å². The van der Waals surface area contributed by atoms with Crippen LogP contribution in [0.3, 0.4) is 0 Å². The van der Waals surface area contributed by atoms with Crippen LogP contribution in [0.1, 0.15) is 13.8 Å². The second kappa shape index (κ2) is 7.55. The van der Waals surface area contributed by atoms with Crippen LogP contribution in [-0.2, 0) is 10.3 Å². The van der Waals surface area contributed by atoms with E-state index in [0.29, 0.717) is 21.4 Å². The van der Waals surface area contributed by atoms with E-state index in [9.17, 15) is 9.59 Å². The van der Waals surface area contributed by atoms with Gasteiger partial charge in [-0.1, -0.05) is 53.5 Å². The SMILES string of the molecule is CC(C)(C(=O)Nc1ccc(Cl)c(Cl)c1)n1nc(-c2ccccc2)ccc1=O. The van der Waals surface area contributed by atoms with Crippen molar-refractivity contribution in [1.82, 2.24) is 9.78 Å². The molecule has 0 aliphatic rings. The minimum Gasteiger partial charge on any atom is -0.324 e. The highest BCUT2D eigenvalue weighted by Gasteiger charge is 2.32. The fraction of sp³-hybridized carbons (Fsp3) is 0.150. The highest BCUT2D eigenvalue weighted by atomic mass is 35.5. The van der Waals surface area contributed by atoms with Crippen molar-refractivity contribution in [2.45, 2.75) is 19.4 Å². The Bertz CT molecular complexity index is 1050. The molecule has 1 N–H and O–H groups in total. The number of benzene rings is 2. The van der Waals surface area contributed by atoms with Crippen LogP contribution in [0.5, 0.6) is 0 Å². The van der Waals surface area contributed by atoms with Gasteiger partial charge in [-0.3, -0.25) is 9.59 Å². The predicted molar refractivity (Wildman–Crippen MR) is 108 cm³/mol. The van der Waals surface area contributed by atoms with Gasteiger partial charge in [0.2, 0.25) is 0 Å². The number of rotatable bonds is 4. The molecule has 0 fully saturated rings. The molecule has 0 spiro atoms. The molecule has 0 aliphatic heterocycles. The standard InChI is InChI=1S/C20H17Cl2N3O2/c1-20(2,19(27)23-14-8-9-15(21)16(22)12-14)25-18(26)11-10-17(24-25)13-6-4-3-5-7-13/h3-12H,1-2H3,(H,23,27). The summed E-state index contributed by atoms with van der Waals surface area (Å²) in [4.78, 5) is 25.2. The minimum atomic E-state index is -1.23. The fourth-order valence-electron chi connectivity index (χ4n) is 2.53. The number of nitrogens with zero attached hydrogens (tertiary/aromatic N) is 2. The normalized spacial score (nSPS) is 11.3. The minimum absolute atomic E-state index is 0.327. The number of hydrogen-bond acceptors (Lipinski definition) is 3. The molecule has 0 unspecified atom stereocenters. The first-order valence-corrected chi connectivity index (χ1v) is 8.97. The zero-order chi connectivity index (χ0) is 19.6. The van der Waals surface area contributed by atoms with Crippen LogP contribution in [-0.4, -0.2) is 15.7 Å². The van der Waals surface area contributed by atoms with Crippen LogP contribution in [0.25, 0.3) is 11.3 Å². The summed E-state index contributed by atoms with van der Waals surface area (Å²) in [6.07, 6.45) is 0. The highest BCUT2D eigenvalue weighted by molar-refractivity contribution is 6.42. The second-order valence-electron chi connectivity index (χ2n) is 6.48. The molecule has 2 aromatic carbocycles. The largest absolute Gasteiger partial charge is 0.324 e. The summed E-state index contributed by atoms with van der Waals surface area (Å²) in [6, 6.07) is 17.3. The maximum Gasteiger partial charge on any atom is 0.267 e. The molecule has 7 heteroatoms. The Labute approximate surface area is 166 Å². The number of hydrogen-bond donors (Lipinski definition) is 1. The number of carbonyl (C=O) groups excluding carboxylic acids is 1. The van der Waals surface area contributed by atoms with Crippen LogP contribution in [0.2, 0.25) is 10.0 Å². The number of nitrogens with one attached hydrogen (secondary N) is 1. The Kier molecular flexibility index (Phi) is 5.35. The quantitative estimate of drug-likeness (QED) is 0.694. The van der Waals surface area contributed by atoms with Gasteiger partial charge in [0.15, 0.2) is 0 Å². The van der Waals surface area contributed by atoms with Gasteiger partial charge in [0.25, 0.3) is 11.5 Å². The lowest BCUT2D eigenvalue weighted by molar-refractivity contribution is -0.123. The molecule has 3 aromatic rings. The van der Waals surface area contributed by atoms with Crippen LogP contribution < -0.4 is 10.9 Å². The molecule has 1 amide bonds. The highest BCUT2D eigenvalue weighted by Crippen LogP contribution is 2.26. The summed E-state index contributed by atoms with van der Waals surface area (Å²) < 4.78 is 1.18. The summed E-state index contributed by atoms with van der Waals surface area (Å²) in [5.41, 5.74) is 0.338. The number of aromatic nitrogens is 2. The maximum atomic E-state index is 12.8. The van der Waals surface area contributed by atoms with E-state index >= 15 is 0 Å². The molecule has 1 aromatic heterocycles. The van der Waals surface area contributed by atoms with Gasteiger partial charge in [-0.25, -0.2) is 4.68 Å². The van der Waals surface area contributed by atoms with Crippen molar-refractivity contribution in [3.05, 3.63) is 81.1 Å². The summed E-state index contributed by atoms with van der Waals surface area (Å²) in [6.45, 7) is 3.26. The topological polar surface area (TPSA) is 64.0 Å². The Hall–Kier alpha value is -2.63. The molecular formula is C20H17Cl2N3O2. The Morgan fingerprint density at radius 1 is 1.00 bits per heavy atom. The summed E-state index contributed by atoms with van der Waals surface area (Å²) >= 11 is 11.9. The van der Waals surface area contributed by atoms with E-state index in [1.54, 1.807) is 38.1 Å². The summed E-state index contributed by atoms with van der Waals surface area (Å²) in [7, 11) is 0.